The normalized spacial score (nSPS) is 11.2. The summed E-state index contributed by atoms with van der Waals surface area (Å²) in [6.45, 7) is 0. The third kappa shape index (κ3) is 2.56. The van der Waals surface area contributed by atoms with Gasteiger partial charge < -0.3 is 0 Å². The van der Waals surface area contributed by atoms with E-state index in [2.05, 4.69) is 4.98 Å². The second kappa shape index (κ2) is 4.94. The highest BCUT2D eigenvalue weighted by atomic mass is 35.5. The van der Waals surface area contributed by atoms with E-state index in [0.29, 0.717) is 0 Å². The minimum Gasteiger partial charge on any atom is -0.258 e. The van der Waals surface area contributed by atoms with Crippen LogP contribution in [0, 0.1) is 10.1 Å². The van der Waals surface area contributed by atoms with Gasteiger partial charge in [0.2, 0.25) is 9.84 Å². The Balaban J connectivity index is 2.67. The minimum absolute atomic E-state index is 0.000316. The Morgan fingerprint density at radius 1 is 1.11 bits per heavy atom. The number of nitro groups is 1. The predicted molar refractivity (Wildman–Crippen MR) is 67.8 cm³/mol. The Labute approximate surface area is 113 Å². The quantitative estimate of drug-likeness (QED) is 0.493. The number of halogens is 1. The van der Waals surface area contributed by atoms with Crippen molar-refractivity contribution >= 4 is 27.1 Å². The first-order valence-corrected chi connectivity index (χ1v) is 6.90. The first-order valence-electron chi connectivity index (χ1n) is 5.04. The molecule has 0 N–H and O–H groups in total. The number of aromatic nitrogens is 1. The molecule has 0 aliphatic heterocycles. The molecule has 1 heterocycles. The molecule has 0 unspecified atom stereocenters. The van der Waals surface area contributed by atoms with Crippen LogP contribution in [0.2, 0.25) is 5.15 Å². The smallest absolute Gasteiger partial charge is 0.258 e. The average molecular weight is 299 g/mol. The maximum Gasteiger partial charge on any atom is 0.288 e. The average Bonchev–Trinajstić information content (AvgIpc) is 2.38. The van der Waals surface area contributed by atoms with Crippen LogP contribution in [-0.2, 0) is 9.84 Å². The van der Waals surface area contributed by atoms with Crippen molar-refractivity contribution in [2.45, 2.75) is 9.92 Å². The Morgan fingerprint density at radius 2 is 1.79 bits per heavy atom. The summed E-state index contributed by atoms with van der Waals surface area (Å²) in [5.74, 6) is 0. The number of pyridine rings is 1. The molecule has 0 bridgehead atoms. The molecule has 19 heavy (non-hydrogen) atoms. The topological polar surface area (TPSA) is 90.2 Å². The Morgan fingerprint density at radius 3 is 2.42 bits per heavy atom. The minimum atomic E-state index is -4.07. The van der Waals surface area contributed by atoms with Gasteiger partial charge in [-0.25, -0.2) is 13.4 Å². The third-order valence-electron chi connectivity index (χ3n) is 2.32. The van der Waals surface area contributed by atoms with Gasteiger partial charge in [-0.2, -0.15) is 0 Å². The second-order valence-corrected chi connectivity index (χ2v) is 5.78. The first-order chi connectivity index (χ1) is 8.93. The lowest BCUT2D eigenvalue weighted by Crippen LogP contribution is -2.07. The molecule has 2 rings (SSSR count). The molecule has 1 aromatic carbocycles. The van der Waals surface area contributed by atoms with E-state index in [1.165, 1.54) is 30.3 Å². The van der Waals surface area contributed by atoms with Crippen molar-refractivity contribution in [2.24, 2.45) is 0 Å². The van der Waals surface area contributed by atoms with E-state index in [-0.39, 0.29) is 10.2 Å². The molecular formula is C11H7ClN2O4S. The highest BCUT2D eigenvalue weighted by Crippen LogP contribution is 2.28. The summed E-state index contributed by atoms with van der Waals surface area (Å²) >= 11 is 5.63. The van der Waals surface area contributed by atoms with Crippen LogP contribution in [0.1, 0.15) is 0 Å². The van der Waals surface area contributed by atoms with Crippen molar-refractivity contribution in [3.8, 4) is 0 Å². The van der Waals surface area contributed by atoms with Gasteiger partial charge in [-0.05, 0) is 18.2 Å². The van der Waals surface area contributed by atoms with Gasteiger partial charge in [-0.1, -0.05) is 29.8 Å². The summed E-state index contributed by atoms with van der Waals surface area (Å²) in [6.07, 6.45) is 0. The van der Waals surface area contributed by atoms with Crippen LogP contribution in [-0.4, -0.2) is 18.3 Å². The molecule has 0 spiro atoms. The van der Waals surface area contributed by atoms with Gasteiger partial charge in [0, 0.05) is 6.07 Å². The molecule has 8 heteroatoms. The zero-order chi connectivity index (χ0) is 14.0. The molecular weight excluding hydrogens is 292 g/mol. The predicted octanol–water partition coefficient (Wildman–Crippen LogP) is 2.48. The third-order valence-corrected chi connectivity index (χ3v) is 4.23. The van der Waals surface area contributed by atoms with Crippen molar-refractivity contribution in [3.05, 3.63) is 57.7 Å². The molecule has 0 radical (unpaired) electrons. The number of benzene rings is 1. The number of hydrogen-bond donors (Lipinski definition) is 0. The van der Waals surface area contributed by atoms with Crippen molar-refractivity contribution in [1.82, 2.24) is 4.98 Å². The van der Waals surface area contributed by atoms with E-state index < -0.39 is 25.3 Å². The van der Waals surface area contributed by atoms with E-state index >= 15 is 0 Å². The Kier molecular flexibility index (Phi) is 3.50. The lowest BCUT2D eigenvalue weighted by molar-refractivity contribution is -0.387. The van der Waals surface area contributed by atoms with Gasteiger partial charge in [0.25, 0.3) is 5.69 Å². The van der Waals surface area contributed by atoms with Gasteiger partial charge in [0.15, 0.2) is 9.92 Å². The number of nitrogens with zero attached hydrogens (tertiary/aromatic N) is 2. The highest BCUT2D eigenvalue weighted by molar-refractivity contribution is 7.91. The van der Waals surface area contributed by atoms with E-state index in [4.69, 9.17) is 11.6 Å². The SMILES string of the molecule is O=[N+]([O-])c1ccccc1S(=O)(=O)c1cccc(Cl)n1. The van der Waals surface area contributed by atoms with Crippen LogP contribution in [0.5, 0.6) is 0 Å². The maximum atomic E-state index is 12.3. The van der Waals surface area contributed by atoms with E-state index in [0.717, 1.165) is 12.1 Å². The molecule has 1 aromatic heterocycles. The number of para-hydroxylation sites is 1. The molecule has 0 atom stereocenters. The van der Waals surface area contributed by atoms with Crippen molar-refractivity contribution in [1.29, 1.82) is 0 Å². The van der Waals surface area contributed by atoms with Crippen molar-refractivity contribution in [3.63, 3.8) is 0 Å². The zero-order valence-electron chi connectivity index (χ0n) is 9.36. The summed E-state index contributed by atoms with van der Waals surface area (Å²) in [6, 6.07) is 9.15. The largest absolute Gasteiger partial charge is 0.288 e. The first kappa shape index (κ1) is 13.4. The zero-order valence-corrected chi connectivity index (χ0v) is 10.9. The monoisotopic (exact) mass is 298 g/mol. The Hall–Kier alpha value is -1.99. The van der Waals surface area contributed by atoms with Gasteiger partial charge in [-0.3, -0.25) is 10.1 Å². The van der Waals surface area contributed by atoms with E-state index in [1.54, 1.807) is 0 Å². The van der Waals surface area contributed by atoms with Gasteiger partial charge >= 0.3 is 0 Å². The lowest BCUT2D eigenvalue weighted by atomic mass is 10.3. The van der Waals surface area contributed by atoms with Crippen LogP contribution >= 0.6 is 11.6 Å². The summed E-state index contributed by atoms with van der Waals surface area (Å²) in [5, 5.41) is 10.5. The van der Waals surface area contributed by atoms with Crippen molar-refractivity contribution < 1.29 is 13.3 Å². The molecule has 0 saturated heterocycles. The van der Waals surface area contributed by atoms with E-state index in [9.17, 15) is 18.5 Å². The summed E-state index contributed by atoms with van der Waals surface area (Å²) < 4.78 is 24.6. The lowest BCUT2D eigenvalue weighted by Gasteiger charge is -2.04. The fourth-order valence-corrected chi connectivity index (χ4v) is 3.08. The number of sulfone groups is 1. The van der Waals surface area contributed by atoms with Crippen LogP contribution < -0.4 is 0 Å². The molecule has 0 aliphatic rings. The molecule has 0 amide bonds. The molecule has 0 aliphatic carbocycles. The molecule has 6 nitrogen and oxygen atoms in total. The fourth-order valence-electron chi connectivity index (χ4n) is 1.49. The summed E-state index contributed by atoms with van der Waals surface area (Å²) in [5.41, 5.74) is -0.496. The van der Waals surface area contributed by atoms with E-state index in [1.807, 2.05) is 0 Å². The fraction of sp³-hybridized carbons (Fsp3) is 0. The van der Waals surface area contributed by atoms with Crippen LogP contribution in [0.25, 0.3) is 0 Å². The molecule has 0 saturated carbocycles. The Bertz CT molecular complexity index is 746. The molecule has 2 aromatic rings. The van der Waals surface area contributed by atoms with Crippen LogP contribution in [0.15, 0.2) is 52.4 Å². The maximum absolute atomic E-state index is 12.3. The molecule has 0 fully saturated rings. The van der Waals surface area contributed by atoms with Gasteiger partial charge in [0.05, 0.1) is 4.92 Å². The van der Waals surface area contributed by atoms with Crippen molar-refractivity contribution in [2.75, 3.05) is 0 Å². The second-order valence-electron chi connectivity index (χ2n) is 3.53. The molecule has 98 valence electrons. The summed E-state index contributed by atoms with van der Waals surface area (Å²) in [7, 11) is -4.07. The standard InChI is InChI=1S/C11H7ClN2O4S/c12-10-6-3-7-11(13-10)19(17,18)9-5-2-1-4-8(9)14(15)16/h1-7H. The number of nitro benzene ring substituents is 1. The highest BCUT2D eigenvalue weighted by Gasteiger charge is 2.28. The van der Waals surface area contributed by atoms with Crippen LogP contribution in [0.3, 0.4) is 0 Å². The number of hydrogen-bond acceptors (Lipinski definition) is 5. The number of rotatable bonds is 3. The van der Waals surface area contributed by atoms with Crippen LogP contribution in [0.4, 0.5) is 5.69 Å². The van der Waals surface area contributed by atoms with Gasteiger partial charge in [-0.15, -0.1) is 0 Å². The van der Waals surface area contributed by atoms with Gasteiger partial charge in [0.1, 0.15) is 5.15 Å². The summed E-state index contributed by atoms with van der Waals surface area (Å²) in [4.78, 5) is 13.4.